The highest BCUT2D eigenvalue weighted by atomic mass is 32.2. The van der Waals surface area contributed by atoms with Crippen LogP contribution in [0.2, 0.25) is 0 Å². The first kappa shape index (κ1) is 20.8. The number of anilines is 1. The fourth-order valence-corrected chi connectivity index (χ4v) is 5.92. The Labute approximate surface area is 182 Å². The zero-order valence-electron chi connectivity index (χ0n) is 17.0. The summed E-state index contributed by atoms with van der Waals surface area (Å²) in [6.45, 7) is 3.92. The maximum atomic E-state index is 13.1. The lowest BCUT2D eigenvalue weighted by atomic mass is 9.97. The van der Waals surface area contributed by atoms with E-state index in [9.17, 15) is 14.4 Å². The number of hydrogen-bond donors (Lipinski definition) is 1. The van der Waals surface area contributed by atoms with Gasteiger partial charge in [-0.15, -0.1) is 11.3 Å². The molecule has 30 heavy (non-hydrogen) atoms. The van der Waals surface area contributed by atoms with Crippen molar-refractivity contribution in [3.63, 3.8) is 0 Å². The van der Waals surface area contributed by atoms with Crippen LogP contribution in [0.4, 0.5) is 5.69 Å². The van der Waals surface area contributed by atoms with Gasteiger partial charge in [-0.3, -0.25) is 19.0 Å². The summed E-state index contributed by atoms with van der Waals surface area (Å²) < 4.78 is 1.66. The van der Waals surface area contributed by atoms with Gasteiger partial charge >= 0.3 is 0 Å². The molecule has 0 bridgehead atoms. The van der Waals surface area contributed by atoms with E-state index in [0.717, 1.165) is 35.9 Å². The molecule has 0 saturated carbocycles. The van der Waals surface area contributed by atoms with Crippen LogP contribution in [0, 0.1) is 0 Å². The normalized spacial score (nSPS) is 13.3. The molecule has 0 fully saturated rings. The number of hydrogen-bond acceptors (Lipinski definition) is 6. The summed E-state index contributed by atoms with van der Waals surface area (Å²) in [5.41, 5.74) is 2.31. The van der Waals surface area contributed by atoms with Gasteiger partial charge in [0.05, 0.1) is 11.1 Å². The Morgan fingerprint density at radius 1 is 1.27 bits per heavy atom. The predicted octanol–water partition coefficient (Wildman–Crippen LogP) is 4.29. The fraction of sp³-hybridized carbons (Fsp3) is 0.364. The van der Waals surface area contributed by atoms with Gasteiger partial charge in [-0.25, -0.2) is 4.98 Å². The van der Waals surface area contributed by atoms with E-state index in [-0.39, 0.29) is 23.0 Å². The van der Waals surface area contributed by atoms with Crippen molar-refractivity contribution in [1.82, 2.24) is 9.55 Å². The van der Waals surface area contributed by atoms with Crippen molar-refractivity contribution in [1.29, 1.82) is 0 Å². The van der Waals surface area contributed by atoms with Crippen LogP contribution in [0.5, 0.6) is 0 Å². The molecule has 3 aromatic rings. The number of nitrogens with zero attached hydrogens (tertiary/aromatic N) is 2. The smallest absolute Gasteiger partial charge is 0.263 e. The summed E-state index contributed by atoms with van der Waals surface area (Å²) in [5, 5.41) is 4.15. The van der Waals surface area contributed by atoms with Crippen molar-refractivity contribution in [3.8, 4) is 0 Å². The number of aryl methyl sites for hydroxylation is 2. The van der Waals surface area contributed by atoms with Gasteiger partial charge in [0, 0.05) is 22.7 Å². The minimum Gasteiger partial charge on any atom is -0.325 e. The molecular weight excluding hydrogens is 418 g/mol. The quantitative estimate of drug-likeness (QED) is 0.351. The van der Waals surface area contributed by atoms with Crippen molar-refractivity contribution in [2.45, 2.75) is 51.2 Å². The van der Waals surface area contributed by atoms with Crippen LogP contribution >= 0.6 is 23.1 Å². The lowest BCUT2D eigenvalue weighted by Gasteiger charge is -2.12. The lowest BCUT2D eigenvalue weighted by molar-refractivity contribution is -0.113. The van der Waals surface area contributed by atoms with Gasteiger partial charge in [0.15, 0.2) is 10.9 Å². The molecule has 4 rings (SSSR count). The van der Waals surface area contributed by atoms with Gasteiger partial charge in [-0.2, -0.15) is 0 Å². The highest BCUT2D eigenvalue weighted by Gasteiger charge is 2.22. The second-order valence-electron chi connectivity index (χ2n) is 7.31. The molecule has 2 aromatic heterocycles. The van der Waals surface area contributed by atoms with Crippen LogP contribution < -0.4 is 10.9 Å². The van der Waals surface area contributed by atoms with Gasteiger partial charge < -0.3 is 5.32 Å². The maximum Gasteiger partial charge on any atom is 0.263 e. The molecule has 1 amide bonds. The second-order valence-corrected chi connectivity index (χ2v) is 9.33. The number of thioether (sulfide) groups is 1. The monoisotopic (exact) mass is 441 g/mol. The van der Waals surface area contributed by atoms with E-state index >= 15 is 0 Å². The maximum absolute atomic E-state index is 13.1. The first-order chi connectivity index (χ1) is 14.5. The zero-order valence-corrected chi connectivity index (χ0v) is 18.6. The number of aromatic nitrogens is 2. The molecule has 156 valence electrons. The minimum absolute atomic E-state index is 0.000956. The van der Waals surface area contributed by atoms with Gasteiger partial charge in [-0.05, 0) is 57.2 Å². The number of rotatable bonds is 6. The zero-order chi connectivity index (χ0) is 21.3. The molecule has 6 nitrogen and oxygen atoms in total. The minimum atomic E-state index is -0.205. The van der Waals surface area contributed by atoms with Crippen molar-refractivity contribution < 1.29 is 9.59 Å². The summed E-state index contributed by atoms with van der Waals surface area (Å²) in [5.74, 6) is -0.125. The number of carbonyl (C=O) groups is 2. The predicted molar refractivity (Wildman–Crippen MR) is 122 cm³/mol. The SMILES string of the molecule is CCn1c(SCC(=O)Nc2cccc(C(C)=O)c2)nc2sc3c(c2c1=O)CCCC3. The summed E-state index contributed by atoms with van der Waals surface area (Å²) in [4.78, 5) is 43.9. The van der Waals surface area contributed by atoms with Crippen LogP contribution in [0.25, 0.3) is 10.2 Å². The third kappa shape index (κ3) is 4.06. The van der Waals surface area contributed by atoms with Gasteiger partial charge in [0.2, 0.25) is 5.91 Å². The molecule has 0 unspecified atom stereocenters. The van der Waals surface area contributed by atoms with Crippen molar-refractivity contribution in [2.24, 2.45) is 0 Å². The number of nitrogens with one attached hydrogen (secondary N) is 1. The van der Waals surface area contributed by atoms with Crippen LogP contribution in [0.1, 0.15) is 47.5 Å². The van der Waals surface area contributed by atoms with E-state index in [2.05, 4.69) is 5.32 Å². The number of ketones is 1. The van der Waals surface area contributed by atoms with Crippen LogP contribution in [0.15, 0.2) is 34.2 Å². The topological polar surface area (TPSA) is 81.1 Å². The van der Waals surface area contributed by atoms with E-state index < -0.39 is 0 Å². The van der Waals surface area contributed by atoms with Gasteiger partial charge in [0.1, 0.15) is 4.83 Å². The number of Topliss-reactive ketones (excluding diaryl/α,β-unsaturated/α-hetero) is 1. The van der Waals surface area contributed by atoms with Crippen LogP contribution in [-0.2, 0) is 24.2 Å². The molecule has 2 heterocycles. The van der Waals surface area contributed by atoms with Crippen LogP contribution in [0.3, 0.4) is 0 Å². The van der Waals surface area contributed by atoms with Gasteiger partial charge in [0.25, 0.3) is 5.56 Å². The molecule has 1 aromatic carbocycles. The number of amides is 1. The summed E-state index contributed by atoms with van der Waals surface area (Å²) >= 11 is 2.88. The van der Waals surface area contributed by atoms with E-state index in [4.69, 9.17) is 4.98 Å². The third-order valence-electron chi connectivity index (χ3n) is 5.24. The highest BCUT2D eigenvalue weighted by molar-refractivity contribution is 7.99. The molecule has 1 N–H and O–H groups in total. The Morgan fingerprint density at radius 2 is 2.07 bits per heavy atom. The molecule has 1 aliphatic rings. The largest absolute Gasteiger partial charge is 0.325 e. The van der Waals surface area contributed by atoms with E-state index in [1.54, 1.807) is 40.2 Å². The second kappa shape index (κ2) is 8.73. The molecule has 0 atom stereocenters. The number of fused-ring (bicyclic) bond motifs is 3. The average molecular weight is 442 g/mol. The number of benzene rings is 1. The van der Waals surface area contributed by atoms with Crippen molar-refractivity contribution in [2.75, 3.05) is 11.1 Å². The summed E-state index contributed by atoms with van der Waals surface area (Å²) in [6.07, 6.45) is 4.25. The van der Waals surface area contributed by atoms with Crippen molar-refractivity contribution >= 4 is 50.7 Å². The lowest BCUT2D eigenvalue weighted by Crippen LogP contribution is -2.24. The molecule has 0 radical (unpaired) electrons. The van der Waals surface area contributed by atoms with Gasteiger partial charge in [-0.1, -0.05) is 23.9 Å². The Kier molecular flexibility index (Phi) is 6.06. The Morgan fingerprint density at radius 3 is 2.83 bits per heavy atom. The number of carbonyl (C=O) groups excluding carboxylic acids is 2. The third-order valence-corrected chi connectivity index (χ3v) is 7.40. The molecule has 1 aliphatic carbocycles. The van der Waals surface area contributed by atoms with Crippen LogP contribution in [-0.4, -0.2) is 27.0 Å². The molecule has 0 aliphatic heterocycles. The number of thiophene rings is 1. The first-order valence-corrected chi connectivity index (χ1v) is 11.9. The van der Waals surface area contributed by atoms with E-state index in [1.807, 2.05) is 6.92 Å². The fourth-order valence-electron chi connectivity index (χ4n) is 3.75. The summed E-state index contributed by atoms with van der Waals surface area (Å²) in [7, 11) is 0. The first-order valence-electron chi connectivity index (χ1n) is 10.1. The summed E-state index contributed by atoms with van der Waals surface area (Å²) in [6, 6.07) is 6.86. The molecule has 0 spiro atoms. The highest BCUT2D eigenvalue weighted by Crippen LogP contribution is 2.34. The van der Waals surface area contributed by atoms with E-state index in [1.165, 1.54) is 29.1 Å². The van der Waals surface area contributed by atoms with Crippen molar-refractivity contribution in [3.05, 3.63) is 50.6 Å². The average Bonchev–Trinajstić information content (AvgIpc) is 3.11. The molecule has 0 saturated heterocycles. The Balaban J connectivity index is 1.55. The van der Waals surface area contributed by atoms with E-state index in [0.29, 0.717) is 23.0 Å². The molecular formula is C22H23N3O3S2. The Bertz CT molecular complexity index is 1200. The Hall–Kier alpha value is -2.45. The molecule has 8 heteroatoms. The standard InChI is InChI=1S/C22H23N3O3S2/c1-3-25-21(28)19-16-9-4-5-10-17(16)30-20(19)24-22(25)29-12-18(27)23-15-8-6-7-14(11-15)13(2)26/h6-8,11H,3-5,9-10,12H2,1-2H3,(H,23,27).